The molecule has 0 unspecified atom stereocenters. The SMILES string of the molecule is C[C@H]1CCCCN1C(=O)CSc1nnc(-c2ccc(NS(=O)(=O)c3ccccc3)cc2)o1. The number of piperidine rings is 1. The van der Waals surface area contributed by atoms with Gasteiger partial charge in [0, 0.05) is 23.8 Å². The van der Waals surface area contributed by atoms with Crippen molar-refractivity contribution in [3.8, 4) is 11.5 Å². The number of benzene rings is 2. The molecular formula is C22H24N4O4S2. The molecule has 1 aliphatic heterocycles. The molecule has 2 heterocycles. The van der Waals surface area contributed by atoms with Gasteiger partial charge < -0.3 is 9.32 Å². The minimum atomic E-state index is -3.66. The maximum Gasteiger partial charge on any atom is 0.277 e. The number of rotatable bonds is 7. The summed E-state index contributed by atoms with van der Waals surface area (Å²) < 4.78 is 33.1. The van der Waals surface area contributed by atoms with Crippen LogP contribution in [0.25, 0.3) is 11.5 Å². The van der Waals surface area contributed by atoms with E-state index in [0.29, 0.717) is 22.4 Å². The Morgan fingerprint density at radius 3 is 2.59 bits per heavy atom. The topological polar surface area (TPSA) is 105 Å². The average molecular weight is 473 g/mol. The molecule has 1 amide bonds. The lowest BCUT2D eigenvalue weighted by molar-refractivity contribution is -0.131. The molecule has 1 fully saturated rings. The van der Waals surface area contributed by atoms with Crippen LogP contribution in [0, 0.1) is 0 Å². The Morgan fingerprint density at radius 2 is 1.88 bits per heavy atom. The Balaban J connectivity index is 1.36. The molecule has 0 radical (unpaired) electrons. The average Bonchev–Trinajstić information content (AvgIpc) is 3.28. The molecule has 0 aliphatic carbocycles. The molecule has 1 aromatic heterocycles. The van der Waals surface area contributed by atoms with Crippen molar-refractivity contribution in [3.63, 3.8) is 0 Å². The van der Waals surface area contributed by atoms with Gasteiger partial charge in [0.15, 0.2) is 0 Å². The molecule has 32 heavy (non-hydrogen) atoms. The minimum absolute atomic E-state index is 0.0806. The second kappa shape index (κ2) is 9.74. The van der Waals surface area contributed by atoms with Gasteiger partial charge >= 0.3 is 0 Å². The zero-order valence-corrected chi connectivity index (χ0v) is 19.2. The number of carbonyl (C=O) groups excluding carboxylic acids is 1. The van der Waals surface area contributed by atoms with Gasteiger partial charge in [-0.1, -0.05) is 30.0 Å². The van der Waals surface area contributed by atoms with E-state index in [4.69, 9.17) is 4.42 Å². The van der Waals surface area contributed by atoms with Gasteiger partial charge in [-0.15, -0.1) is 10.2 Å². The number of nitrogens with zero attached hydrogens (tertiary/aromatic N) is 3. The summed E-state index contributed by atoms with van der Waals surface area (Å²) in [6.07, 6.45) is 3.25. The van der Waals surface area contributed by atoms with E-state index in [2.05, 4.69) is 21.8 Å². The van der Waals surface area contributed by atoms with E-state index in [-0.39, 0.29) is 22.6 Å². The van der Waals surface area contributed by atoms with E-state index in [9.17, 15) is 13.2 Å². The highest BCUT2D eigenvalue weighted by Crippen LogP contribution is 2.26. The van der Waals surface area contributed by atoms with Crippen molar-refractivity contribution < 1.29 is 17.6 Å². The number of thioether (sulfide) groups is 1. The van der Waals surface area contributed by atoms with Gasteiger partial charge in [0.05, 0.1) is 10.6 Å². The standard InChI is InChI=1S/C22H24N4O4S2/c1-16-7-5-6-14-26(16)20(27)15-31-22-24-23-21(30-22)17-10-12-18(13-11-17)25-32(28,29)19-8-3-2-4-9-19/h2-4,8-13,16,25H,5-7,14-15H2,1H3/t16-/m0/s1. The number of amides is 1. The third kappa shape index (κ3) is 5.31. The lowest BCUT2D eigenvalue weighted by Crippen LogP contribution is -2.42. The van der Waals surface area contributed by atoms with E-state index < -0.39 is 10.0 Å². The largest absolute Gasteiger partial charge is 0.411 e. The molecule has 168 valence electrons. The lowest BCUT2D eigenvalue weighted by atomic mass is 10.0. The van der Waals surface area contributed by atoms with Crippen LogP contribution in [0.5, 0.6) is 0 Å². The monoisotopic (exact) mass is 472 g/mol. The molecule has 4 rings (SSSR count). The lowest BCUT2D eigenvalue weighted by Gasteiger charge is -2.33. The molecular weight excluding hydrogens is 448 g/mol. The van der Waals surface area contributed by atoms with E-state index in [1.807, 2.05) is 4.90 Å². The summed E-state index contributed by atoms with van der Waals surface area (Å²) >= 11 is 1.23. The highest BCUT2D eigenvalue weighted by atomic mass is 32.2. The number of sulfonamides is 1. The van der Waals surface area contributed by atoms with Crippen molar-refractivity contribution in [3.05, 3.63) is 54.6 Å². The van der Waals surface area contributed by atoms with Crippen molar-refractivity contribution in [2.75, 3.05) is 17.0 Å². The van der Waals surface area contributed by atoms with E-state index in [0.717, 1.165) is 25.8 Å². The number of aromatic nitrogens is 2. The van der Waals surface area contributed by atoms with Crippen LogP contribution in [-0.2, 0) is 14.8 Å². The quantitative estimate of drug-likeness (QED) is 0.518. The maximum atomic E-state index is 12.5. The first kappa shape index (κ1) is 22.3. The highest BCUT2D eigenvalue weighted by molar-refractivity contribution is 7.99. The fraction of sp³-hybridized carbons (Fsp3) is 0.318. The van der Waals surface area contributed by atoms with Crippen molar-refractivity contribution >= 4 is 33.4 Å². The molecule has 10 heteroatoms. The summed E-state index contributed by atoms with van der Waals surface area (Å²) in [5.41, 5.74) is 1.08. The van der Waals surface area contributed by atoms with Crippen LogP contribution in [0.1, 0.15) is 26.2 Å². The minimum Gasteiger partial charge on any atom is -0.411 e. The first-order valence-corrected chi connectivity index (χ1v) is 12.8. The molecule has 1 N–H and O–H groups in total. The first-order valence-electron chi connectivity index (χ1n) is 10.4. The number of likely N-dealkylation sites (tertiary alicyclic amines) is 1. The van der Waals surface area contributed by atoms with Gasteiger partial charge in [0.2, 0.25) is 11.8 Å². The number of hydrogen-bond donors (Lipinski definition) is 1. The van der Waals surface area contributed by atoms with Crippen LogP contribution < -0.4 is 4.72 Å². The smallest absolute Gasteiger partial charge is 0.277 e. The maximum absolute atomic E-state index is 12.5. The van der Waals surface area contributed by atoms with Crippen molar-refractivity contribution in [1.29, 1.82) is 0 Å². The fourth-order valence-electron chi connectivity index (χ4n) is 3.55. The highest BCUT2D eigenvalue weighted by Gasteiger charge is 2.23. The Morgan fingerprint density at radius 1 is 1.12 bits per heavy atom. The summed E-state index contributed by atoms with van der Waals surface area (Å²) in [5.74, 6) is 0.646. The molecule has 0 saturated carbocycles. The fourth-order valence-corrected chi connectivity index (χ4v) is 5.28. The van der Waals surface area contributed by atoms with Gasteiger partial charge in [-0.05, 0) is 62.6 Å². The van der Waals surface area contributed by atoms with Crippen molar-refractivity contribution in [1.82, 2.24) is 15.1 Å². The summed E-state index contributed by atoms with van der Waals surface area (Å²) in [6.45, 7) is 2.88. The molecule has 0 spiro atoms. The van der Waals surface area contributed by atoms with Crippen LogP contribution in [-0.4, -0.2) is 47.8 Å². The Hall–Kier alpha value is -2.85. The Kier molecular flexibility index (Phi) is 6.80. The summed E-state index contributed by atoms with van der Waals surface area (Å²) in [7, 11) is -3.66. The third-order valence-electron chi connectivity index (χ3n) is 5.29. The third-order valence-corrected chi connectivity index (χ3v) is 7.49. The van der Waals surface area contributed by atoms with Crippen molar-refractivity contribution in [2.24, 2.45) is 0 Å². The Bertz CT molecular complexity index is 1160. The zero-order chi connectivity index (χ0) is 22.6. The zero-order valence-electron chi connectivity index (χ0n) is 17.6. The van der Waals surface area contributed by atoms with E-state index in [1.165, 1.54) is 23.9 Å². The van der Waals surface area contributed by atoms with Gasteiger partial charge in [-0.25, -0.2) is 8.42 Å². The second-order valence-corrected chi connectivity index (χ2v) is 10.2. The van der Waals surface area contributed by atoms with Crippen LogP contribution in [0.4, 0.5) is 5.69 Å². The molecule has 1 saturated heterocycles. The number of hydrogen-bond acceptors (Lipinski definition) is 7. The summed E-state index contributed by atoms with van der Waals surface area (Å²) in [4.78, 5) is 14.6. The number of nitrogens with one attached hydrogen (secondary N) is 1. The molecule has 8 nitrogen and oxygen atoms in total. The normalized spacial score (nSPS) is 16.7. The van der Waals surface area contributed by atoms with Crippen LogP contribution in [0.15, 0.2) is 69.1 Å². The molecule has 2 aromatic carbocycles. The molecule has 3 aromatic rings. The molecule has 0 bridgehead atoms. The summed E-state index contributed by atoms with van der Waals surface area (Å²) in [5, 5.41) is 8.38. The van der Waals surface area contributed by atoms with Gasteiger partial charge in [0.1, 0.15) is 0 Å². The first-order chi connectivity index (χ1) is 15.4. The predicted molar refractivity (Wildman–Crippen MR) is 123 cm³/mol. The predicted octanol–water partition coefficient (Wildman–Crippen LogP) is 4.03. The van der Waals surface area contributed by atoms with Gasteiger partial charge in [0.25, 0.3) is 15.2 Å². The second-order valence-electron chi connectivity index (χ2n) is 7.59. The Labute approximate surface area is 191 Å². The van der Waals surface area contributed by atoms with E-state index >= 15 is 0 Å². The van der Waals surface area contributed by atoms with E-state index in [1.54, 1.807) is 42.5 Å². The van der Waals surface area contributed by atoms with Crippen LogP contribution in [0.2, 0.25) is 0 Å². The summed E-state index contributed by atoms with van der Waals surface area (Å²) in [6, 6.07) is 15.1. The number of carbonyl (C=O) groups is 1. The number of anilines is 1. The molecule has 1 atom stereocenters. The van der Waals surface area contributed by atoms with Crippen LogP contribution in [0.3, 0.4) is 0 Å². The van der Waals surface area contributed by atoms with Gasteiger partial charge in [-0.2, -0.15) is 0 Å². The van der Waals surface area contributed by atoms with Gasteiger partial charge in [-0.3, -0.25) is 9.52 Å². The van der Waals surface area contributed by atoms with Crippen LogP contribution >= 0.6 is 11.8 Å². The molecule has 1 aliphatic rings. The van der Waals surface area contributed by atoms with Crippen molar-refractivity contribution in [2.45, 2.75) is 42.3 Å².